The number of ether oxygens (including phenoxy) is 2. The van der Waals surface area contributed by atoms with Gasteiger partial charge in [-0.15, -0.1) is 0 Å². The van der Waals surface area contributed by atoms with E-state index in [0.29, 0.717) is 0 Å². The van der Waals surface area contributed by atoms with E-state index in [0.717, 1.165) is 11.3 Å². The predicted molar refractivity (Wildman–Crippen MR) is 65.7 cm³/mol. The number of esters is 1. The van der Waals surface area contributed by atoms with Gasteiger partial charge >= 0.3 is 5.97 Å². The van der Waals surface area contributed by atoms with E-state index >= 15 is 0 Å². The van der Waals surface area contributed by atoms with Crippen LogP contribution < -0.4 is 10.5 Å². The SMILES string of the molecule is CC(C)Oc1ccc(COC(=O)C(C)N)cc1. The van der Waals surface area contributed by atoms with Gasteiger partial charge < -0.3 is 15.2 Å². The number of carbonyl (C=O) groups excluding carboxylic acids is 1. The molecule has 17 heavy (non-hydrogen) atoms. The maximum atomic E-state index is 11.2. The van der Waals surface area contributed by atoms with Crippen LogP contribution in [0, 0.1) is 0 Å². The van der Waals surface area contributed by atoms with Gasteiger partial charge in [0.2, 0.25) is 0 Å². The van der Waals surface area contributed by atoms with Gasteiger partial charge in [0.1, 0.15) is 18.4 Å². The van der Waals surface area contributed by atoms with Crippen molar-refractivity contribution in [3.8, 4) is 5.75 Å². The van der Waals surface area contributed by atoms with E-state index in [9.17, 15) is 4.79 Å². The molecule has 0 aromatic heterocycles. The summed E-state index contributed by atoms with van der Waals surface area (Å²) in [6, 6.07) is 6.86. The zero-order valence-corrected chi connectivity index (χ0v) is 10.5. The molecule has 0 amide bonds. The minimum Gasteiger partial charge on any atom is -0.491 e. The summed E-state index contributed by atoms with van der Waals surface area (Å²) >= 11 is 0. The fourth-order valence-electron chi connectivity index (χ4n) is 1.22. The summed E-state index contributed by atoms with van der Waals surface area (Å²) in [6.45, 7) is 5.78. The molecular formula is C13H19NO3. The van der Waals surface area contributed by atoms with Crippen LogP contribution in [0.15, 0.2) is 24.3 Å². The Hall–Kier alpha value is -1.55. The maximum Gasteiger partial charge on any atom is 0.322 e. The van der Waals surface area contributed by atoms with E-state index in [1.54, 1.807) is 6.92 Å². The lowest BCUT2D eigenvalue weighted by molar-refractivity contribution is -0.146. The summed E-state index contributed by atoms with van der Waals surface area (Å²) in [4.78, 5) is 11.2. The fraction of sp³-hybridized carbons (Fsp3) is 0.462. The maximum absolute atomic E-state index is 11.2. The molecule has 0 saturated carbocycles. The number of benzene rings is 1. The second kappa shape index (κ2) is 6.25. The Balaban J connectivity index is 2.48. The molecule has 0 aliphatic carbocycles. The Labute approximate surface area is 102 Å². The van der Waals surface area contributed by atoms with Gasteiger partial charge in [0.05, 0.1) is 6.10 Å². The van der Waals surface area contributed by atoms with Crippen LogP contribution in [0.1, 0.15) is 26.3 Å². The first kappa shape index (κ1) is 13.5. The molecule has 0 aliphatic rings. The molecular weight excluding hydrogens is 218 g/mol. The topological polar surface area (TPSA) is 61.5 Å². The standard InChI is InChI=1S/C13H19NO3/c1-9(2)17-12-6-4-11(5-7-12)8-16-13(15)10(3)14/h4-7,9-10H,8,14H2,1-3H3. The Morgan fingerprint density at radius 3 is 2.29 bits per heavy atom. The molecule has 1 aromatic rings. The summed E-state index contributed by atoms with van der Waals surface area (Å²) in [5.74, 6) is 0.412. The molecule has 4 heteroatoms. The Morgan fingerprint density at radius 2 is 1.82 bits per heavy atom. The van der Waals surface area contributed by atoms with Crippen molar-refractivity contribution in [2.45, 2.75) is 39.5 Å². The second-order valence-corrected chi connectivity index (χ2v) is 4.21. The minimum atomic E-state index is -0.585. The molecule has 94 valence electrons. The third-order valence-electron chi connectivity index (χ3n) is 2.05. The van der Waals surface area contributed by atoms with E-state index in [1.807, 2.05) is 38.1 Å². The average molecular weight is 237 g/mol. The zero-order chi connectivity index (χ0) is 12.8. The van der Waals surface area contributed by atoms with E-state index in [-0.39, 0.29) is 12.7 Å². The molecule has 1 rings (SSSR count). The van der Waals surface area contributed by atoms with Gasteiger partial charge in [-0.05, 0) is 38.5 Å². The second-order valence-electron chi connectivity index (χ2n) is 4.21. The van der Waals surface area contributed by atoms with Crippen molar-refractivity contribution in [1.82, 2.24) is 0 Å². The number of hydrogen-bond acceptors (Lipinski definition) is 4. The molecule has 0 saturated heterocycles. The summed E-state index contributed by atoms with van der Waals surface area (Å²) in [7, 11) is 0. The number of hydrogen-bond donors (Lipinski definition) is 1. The largest absolute Gasteiger partial charge is 0.491 e. The van der Waals surface area contributed by atoms with E-state index in [4.69, 9.17) is 15.2 Å². The van der Waals surface area contributed by atoms with Crippen LogP contribution in [0.3, 0.4) is 0 Å². The summed E-state index contributed by atoms with van der Waals surface area (Å²) in [6.07, 6.45) is 0.150. The van der Waals surface area contributed by atoms with Crippen molar-refractivity contribution in [2.75, 3.05) is 0 Å². The molecule has 1 unspecified atom stereocenters. The molecule has 0 aliphatic heterocycles. The van der Waals surface area contributed by atoms with Crippen molar-refractivity contribution in [3.05, 3.63) is 29.8 Å². The van der Waals surface area contributed by atoms with Crippen LogP contribution >= 0.6 is 0 Å². The van der Waals surface area contributed by atoms with Crippen LogP contribution in [0.4, 0.5) is 0 Å². The van der Waals surface area contributed by atoms with E-state index < -0.39 is 12.0 Å². The van der Waals surface area contributed by atoms with Gasteiger partial charge in [-0.1, -0.05) is 12.1 Å². The highest BCUT2D eigenvalue weighted by molar-refractivity contribution is 5.74. The van der Waals surface area contributed by atoms with Crippen molar-refractivity contribution < 1.29 is 14.3 Å². The summed E-state index contributed by atoms with van der Waals surface area (Å²) < 4.78 is 10.5. The van der Waals surface area contributed by atoms with Gasteiger partial charge in [-0.3, -0.25) is 4.79 Å². The number of carbonyl (C=O) groups is 1. The van der Waals surface area contributed by atoms with Crippen molar-refractivity contribution >= 4 is 5.97 Å². The molecule has 0 bridgehead atoms. The molecule has 0 heterocycles. The van der Waals surface area contributed by atoms with Gasteiger partial charge in [-0.2, -0.15) is 0 Å². The predicted octanol–water partition coefficient (Wildman–Crippen LogP) is 1.86. The molecule has 0 spiro atoms. The fourth-order valence-corrected chi connectivity index (χ4v) is 1.22. The van der Waals surface area contributed by atoms with Gasteiger partial charge in [0.15, 0.2) is 0 Å². The van der Waals surface area contributed by atoms with Crippen LogP contribution in [0.2, 0.25) is 0 Å². The van der Waals surface area contributed by atoms with Crippen molar-refractivity contribution in [1.29, 1.82) is 0 Å². The Bertz CT molecular complexity index is 357. The molecule has 0 fully saturated rings. The quantitative estimate of drug-likeness (QED) is 0.794. The highest BCUT2D eigenvalue weighted by Gasteiger charge is 2.08. The lowest BCUT2D eigenvalue weighted by Crippen LogP contribution is -2.28. The Kier molecular flexibility index (Phi) is 4.97. The number of nitrogens with two attached hydrogens (primary N) is 1. The highest BCUT2D eigenvalue weighted by Crippen LogP contribution is 2.14. The van der Waals surface area contributed by atoms with Gasteiger partial charge in [0, 0.05) is 0 Å². The molecule has 2 N–H and O–H groups in total. The first-order valence-corrected chi connectivity index (χ1v) is 5.67. The first-order valence-electron chi connectivity index (χ1n) is 5.67. The third-order valence-corrected chi connectivity index (χ3v) is 2.05. The molecule has 1 atom stereocenters. The van der Waals surface area contributed by atoms with E-state index in [1.165, 1.54) is 0 Å². The normalized spacial score (nSPS) is 12.3. The number of rotatable bonds is 5. The monoisotopic (exact) mass is 237 g/mol. The van der Waals surface area contributed by atoms with Crippen LogP contribution in [-0.2, 0) is 16.1 Å². The Morgan fingerprint density at radius 1 is 1.24 bits per heavy atom. The third kappa shape index (κ3) is 4.87. The van der Waals surface area contributed by atoms with Crippen molar-refractivity contribution in [2.24, 2.45) is 5.73 Å². The molecule has 0 radical (unpaired) electrons. The van der Waals surface area contributed by atoms with Crippen LogP contribution in [-0.4, -0.2) is 18.1 Å². The summed E-state index contributed by atoms with van der Waals surface area (Å²) in [5.41, 5.74) is 6.30. The first-order chi connectivity index (χ1) is 7.99. The van der Waals surface area contributed by atoms with Crippen LogP contribution in [0.25, 0.3) is 0 Å². The lowest BCUT2D eigenvalue weighted by atomic mass is 10.2. The van der Waals surface area contributed by atoms with E-state index in [2.05, 4.69) is 0 Å². The van der Waals surface area contributed by atoms with Gasteiger partial charge in [-0.25, -0.2) is 0 Å². The van der Waals surface area contributed by atoms with Crippen LogP contribution in [0.5, 0.6) is 5.75 Å². The van der Waals surface area contributed by atoms with Gasteiger partial charge in [0.25, 0.3) is 0 Å². The highest BCUT2D eigenvalue weighted by atomic mass is 16.5. The summed E-state index contributed by atoms with van der Waals surface area (Å²) in [5, 5.41) is 0. The van der Waals surface area contributed by atoms with Crippen molar-refractivity contribution in [3.63, 3.8) is 0 Å². The lowest BCUT2D eigenvalue weighted by Gasteiger charge is -2.10. The minimum absolute atomic E-state index is 0.150. The smallest absolute Gasteiger partial charge is 0.322 e. The molecule has 1 aromatic carbocycles. The zero-order valence-electron chi connectivity index (χ0n) is 10.5. The average Bonchev–Trinajstić information content (AvgIpc) is 2.26. The molecule has 4 nitrogen and oxygen atoms in total.